The van der Waals surface area contributed by atoms with Crippen LogP contribution in [0.1, 0.15) is 58.8 Å². The van der Waals surface area contributed by atoms with Crippen LogP contribution in [0.5, 0.6) is 0 Å². The highest BCUT2D eigenvalue weighted by Crippen LogP contribution is 2.41. The molecular weight excluding hydrogens is 256 g/mol. The predicted octanol–water partition coefficient (Wildman–Crippen LogP) is 2.83. The molecule has 4 heteroatoms. The van der Waals surface area contributed by atoms with Crippen molar-refractivity contribution in [1.29, 1.82) is 0 Å². The largest absolute Gasteiger partial charge is 0.463 e. The van der Waals surface area contributed by atoms with Crippen molar-refractivity contribution in [3.63, 3.8) is 0 Å². The van der Waals surface area contributed by atoms with E-state index in [2.05, 4.69) is 0 Å². The number of esters is 1. The highest BCUT2D eigenvalue weighted by atomic mass is 16.6. The number of ether oxygens (including phenoxy) is 3. The van der Waals surface area contributed by atoms with Gasteiger partial charge in [0.1, 0.15) is 6.10 Å². The lowest BCUT2D eigenvalue weighted by molar-refractivity contribution is -0.148. The minimum absolute atomic E-state index is 0.0580. The Morgan fingerprint density at radius 2 is 1.60 bits per heavy atom. The average molecular weight is 282 g/mol. The monoisotopic (exact) mass is 282 g/mol. The second kappa shape index (κ2) is 6.02. The van der Waals surface area contributed by atoms with Gasteiger partial charge in [-0.2, -0.15) is 0 Å². The number of fused-ring (bicyclic) bond motifs is 2. The predicted molar refractivity (Wildman–Crippen MR) is 74.4 cm³/mol. The first-order valence-corrected chi connectivity index (χ1v) is 8.11. The molecule has 0 radical (unpaired) electrons. The summed E-state index contributed by atoms with van der Waals surface area (Å²) in [5.41, 5.74) is 0. The Labute approximate surface area is 121 Å². The molecule has 0 aromatic heterocycles. The van der Waals surface area contributed by atoms with Gasteiger partial charge in [-0.1, -0.05) is 12.8 Å². The fraction of sp³-hybridized carbons (Fsp3) is 0.938. The van der Waals surface area contributed by atoms with Crippen LogP contribution >= 0.6 is 0 Å². The van der Waals surface area contributed by atoms with Crippen molar-refractivity contribution in [2.75, 3.05) is 0 Å². The molecule has 4 fully saturated rings. The molecule has 2 aliphatic heterocycles. The van der Waals surface area contributed by atoms with Crippen molar-refractivity contribution in [3.05, 3.63) is 0 Å². The molecule has 4 aliphatic rings. The van der Waals surface area contributed by atoms with Gasteiger partial charge in [0.25, 0.3) is 0 Å². The van der Waals surface area contributed by atoms with E-state index in [1.807, 2.05) is 6.92 Å². The van der Waals surface area contributed by atoms with Crippen LogP contribution < -0.4 is 0 Å². The first kappa shape index (κ1) is 14.3. The summed E-state index contributed by atoms with van der Waals surface area (Å²) in [5.74, 6) is 0.332. The molecule has 2 saturated heterocycles. The SMILES string of the molecule is C1CCC2OC2C1.CC(=O)OC(C)C1CCC2OC2C1. The van der Waals surface area contributed by atoms with E-state index in [0.717, 1.165) is 19.3 Å². The van der Waals surface area contributed by atoms with Crippen LogP contribution in [-0.2, 0) is 19.0 Å². The van der Waals surface area contributed by atoms with Crippen LogP contribution in [0.25, 0.3) is 0 Å². The zero-order valence-corrected chi connectivity index (χ0v) is 12.5. The summed E-state index contributed by atoms with van der Waals surface area (Å²) in [4.78, 5) is 10.7. The second-order valence-electron chi connectivity index (χ2n) is 6.60. The van der Waals surface area contributed by atoms with Gasteiger partial charge >= 0.3 is 5.97 Å². The van der Waals surface area contributed by atoms with Gasteiger partial charge in [-0.15, -0.1) is 0 Å². The van der Waals surface area contributed by atoms with Crippen molar-refractivity contribution in [3.8, 4) is 0 Å². The molecule has 0 spiro atoms. The molecule has 0 aromatic carbocycles. The van der Waals surface area contributed by atoms with Crippen molar-refractivity contribution in [2.24, 2.45) is 5.92 Å². The molecule has 2 aliphatic carbocycles. The van der Waals surface area contributed by atoms with Crippen LogP contribution in [-0.4, -0.2) is 36.5 Å². The summed E-state index contributed by atoms with van der Waals surface area (Å²) in [6, 6.07) is 0. The summed E-state index contributed by atoms with van der Waals surface area (Å²) in [5, 5.41) is 0. The molecular formula is C16H26O4. The molecule has 6 atom stereocenters. The van der Waals surface area contributed by atoms with Crippen LogP contribution in [0, 0.1) is 5.92 Å². The molecule has 4 rings (SSSR count). The van der Waals surface area contributed by atoms with E-state index in [4.69, 9.17) is 14.2 Å². The highest BCUT2D eigenvalue weighted by Gasteiger charge is 2.45. The maximum atomic E-state index is 10.7. The van der Waals surface area contributed by atoms with Crippen molar-refractivity contribution >= 4 is 5.97 Å². The number of hydrogen-bond acceptors (Lipinski definition) is 4. The molecule has 0 N–H and O–H groups in total. The van der Waals surface area contributed by atoms with Gasteiger partial charge in [-0.05, 0) is 44.9 Å². The van der Waals surface area contributed by atoms with Crippen molar-refractivity contribution in [2.45, 2.75) is 89.3 Å². The van der Waals surface area contributed by atoms with E-state index in [1.165, 1.54) is 32.6 Å². The third kappa shape index (κ3) is 3.73. The van der Waals surface area contributed by atoms with E-state index in [1.54, 1.807) is 0 Å². The normalized spacial score (nSPS) is 42.2. The fourth-order valence-electron chi connectivity index (χ4n) is 3.60. The number of hydrogen-bond donors (Lipinski definition) is 0. The molecule has 0 bridgehead atoms. The highest BCUT2D eigenvalue weighted by molar-refractivity contribution is 5.66. The van der Waals surface area contributed by atoms with Gasteiger partial charge in [0, 0.05) is 6.92 Å². The Morgan fingerprint density at radius 1 is 1.00 bits per heavy atom. The Morgan fingerprint density at radius 3 is 2.15 bits per heavy atom. The molecule has 2 heterocycles. The summed E-state index contributed by atoms with van der Waals surface area (Å²) in [6.45, 7) is 3.45. The maximum Gasteiger partial charge on any atom is 0.302 e. The van der Waals surface area contributed by atoms with Crippen molar-refractivity contribution < 1.29 is 19.0 Å². The quantitative estimate of drug-likeness (QED) is 0.577. The van der Waals surface area contributed by atoms with Crippen LogP contribution in [0.3, 0.4) is 0 Å². The smallest absolute Gasteiger partial charge is 0.302 e. The zero-order valence-electron chi connectivity index (χ0n) is 12.5. The first-order valence-electron chi connectivity index (χ1n) is 8.11. The van der Waals surface area contributed by atoms with Gasteiger partial charge < -0.3 is 14.2 Å². The number of rotatable bonds is 2. The van der Waals surface area contributed by atoms with Crippen LogP contribution in [0.15, 0.2) is 0 Å². The minimum Gasteiger partial charge on any atom is -0.463 e. The summed E-state index contributed by atoms with van der Waals surface area (Å²) >= 11 is 0. The Hall–Kier alpha value is -0.610. The Balaban J connectivity index is 0.000000144. The summed E-state index contributed by atoms with van der Waals surface area (Å²) < 4.78 is 15.9. The van der Waals surface area contributed by atoms with E-state index < -0.39 is 0 Å². The topological polar surface area (TPSA) is 51.4 Å². The van der Waals surface area contributed by atoms with Crippen LogP contribution in [0.2, 0.25) is 0 Å². The third-order valence-corrected chi connectivity index (χ3v) is 4.98. The molecule has 6 unspecified atom stereocenters. The lowest BCUT2D eigenvalue weighted by Gasteiger charge is -2.24. The molecule has 20 heavy (non-hydrogen) atoms. The van der Waals surface area contributed by atoms with E-state index in [0.29, 0.717) is 30.3 Å². The van der Waals surface area contributed by atoms with Crippen molar-refractivity contribution in [1.82, 2.24) is 0 Å². The summed E-state index contributed by atoms with van der Waals surface area (Å²) in [7, 11) is 0. The lowest BCUT2D eigenvalue weighted by atomic mass is 9.86. The zero-order chi connectivity index (χ0) is 14.1. The molecule has 114 valence electrons. The number of carbonyl (C=O) groups excluding carboxylic acids is 1. The third-order valence-electron chi connectivity index (χ3n) is 4.98. The minimum atomic E-state index is -0.175. The maximum absolute atomic E-state index is 10.7. The second-order valence-corrected chi connectivity index (χ2v) is 6.60. The number of carbonyl (C=O) groups is 1. The van der Waals surface area contributed by atoms with Gasteiger partial charge in [-0.3, -0.25) is 4.79 Å². The molecule has 4 nitrogen and oxygen atoms in total. The Kier molecular flexibility index (Phi) is 4.32. The average Bonchev–Trinajstić information content (AvgIpc) is 3.31. The fourth-order valence-corrected chi connectivity index (χ4v) is 3.60. The first-order chi connectivity index (χ1) is 9.63. The molecule has 0 aromatic rings. The number of epoxide rings is 2. The molecule has 0 amide bonds. The Bertz CT molecular complexity index is 346. The van der Waals surface area contributed by atoms with Gasteiger partial charge in [0.05, 0.1) is 24.4 Å². The van der Waals surface area contributed by atoms with Gasteiger partial charge in [0.2, 0.25) is 0 Å². The van der Waals surface area contributed by atoms with Gasteiger partial charge in [0.15, 0.2) is 0 Å². The standard InChI is InChI=1S/C10H16O3.C6H10O/c1-6(12-7(2)11)8-3-4-9-10(5-8)13-9;1-2-4-6-5(3-1)7-6/h6,8-10H,3-5H2,1-2H3;5-6H,1-4H2. The van der Waals surface area contributed by atoms with E-state index in [9.17, 15) is 4.79 Å². The summed E-state index contributed by atoms with van der Waals surface area (Å²) in [6.07, 6.45) is 11.3. The van der Waals surface area contributed by atoms with Crippen LogP contribution in [0.4, 0.5) is 0 Å². The van der Waals surface area contributed by atoms with E-state index >= 15 is 0 Å². The lowest BCUT2D eigenvalue weighted by Crippen LogP contribution is -2.27. The van der Waals surface area contributed by atoms with Gasteiger partial charge in [-0.25, -0.2) is 0 Å². The van der Waals surface area contributed by atoms with E-state index in [-0.39, 0.29) is 12.1 Å². The molecule has 2 saturated carbocycles.